The van der Waals surface area contributed by atoms with Crippen LogP contribution in [0.1, 0.15) is 18.3 Å². The van der Waals surface area contributed by atoms with Gasteiger partial charge in [-0.25, -0.2) is 24.1 Å². The molecule has 1 fully saturated rings. The zero-order valence-electron chi connectivity index (χ0n) is 20.1. The Bertz CT molecular complexity index is 1660. The van der Waals surface area contributed by atoms with Crippen LogP contribution >= 0.6 is 11.3 Å². The number of carbonyl (C=O) groups excluding carboxylic acids is 2. The maximum absolute atomic E-state index is 12.9. The predicted molar refractivity (Wildman–Crippen MR) is 134 cm³/mol. The summed E-state index contributed by atoms with van der Waals surface area (Å²) in [6.07, 6.45) is -1.85. The van der Waals surface area contributed by atoms with Crippen LogP contribution in [0.25, 0.3) is 11.0 Å². The van der Waals surface area contributed by atoms with E-state index in [1.807, 2.05) is 0 Å². The summed E-state index contributed by atoms with van der Waals surface area (Å²) in [4.78, 5) is 53.5. The fraction of sp³-hybridized carbons (Fsp3) is 0.250. The second-order valence-corrected chi connectivity index (χ2v) is 10.2. The molecule has 3 aromatic rings. The van der Waals surface area contributed by atoms with Crippen LogP contribution in [0.2, 0.25) is 0 Å². The fourth-order valence-corrected chi connectivity index (χ4v) is 5.03. The first-order valence-electron chi connectivity index (χ1n) is 10.9. The zero-order valence-corrected chi connectivity index (χ0v) is 21.7. The van der Waals surface area contributed by atoms with Gasteiger partial charge in [-0.15, -0.1) is 11.3 Å². The number of carbonyl (C=O) groups is 3. The molecular weight excluding hydrogens is 578 g/mol. The number of benzene rings is 1. The third-order valence-electron chi connectivity index (χ3n) is 5.42. The maximum Gasteiger partial charge on any atom is 0.512 e. The summed E-state index contributed by atoms with van der Waals surface area (Å²) in [6, 6.07) is -0.222. The second kappa shape index (κ2) is 10.7. The lowest BCUT2D eigenvalue weighted by Crippen LogP contribution is -2.71. The summed E-state index contributed by atoms with van der Waals surface area (Å²) < 4.78 is 36.6. The number of anilines is 1. The van der Waals surface area contributed by atoms with E-state index in [1.54, 1.807) is 0 Å². The molecule has 0 radical (unpaired) electrons. The van der Waals surface area contributed by atoms with E-state index in [1.165, 1.54) is 12.3 Å². The smallest absolute Gasteiger partial charge is 0.504 e. The molecule has 0 aliphatic carbocycles. The van der Waals surface area contributed by atoms with Crippen molar-refractivity contribution in [3.63, 3.8) is 0 Å². The number of hydrogen-bond donors (Lipinski definition) is 6. The largest absolute Gasteiger partial charge is 0.512 e. The molecule has 1 aliphatic heterocycles. The molecular formula is C20H19N7O11S2. The molecule has 0 spiro atoms. The third-order valence-corrected chi connectivity index (χ3v) is 7.10. The van der Waals surface area contributed by atoms with Crippen molar-refractivity contribution in [2.24, 2.45) is 5.16 Å². The van der Waals surface area contributed by atoms with Gasteiger partial charge in [-0.05, 0) is 6.92 Å². The number of thiazole rings is 1. The number of β-lactam (4-membered cyclic amide) rings is 1. The van der Waals surface area contributed by atoms with Crippen molar-refractivity contribution in [2.75, 3.05) is 12.3 Å². The van der Waals surface area contributed by atoms with Crippen LogP contribution in [0.15, 0.2) is 22.7 Å². The lowest BCUT2D eigenvalue weighted by Gasteiger charge is -2.42. The van der Waals surface area contributed by atoms with Crippen molar-refractivity contribution >= 4 is 61.5 Å². The molecule has 20 heteroatoms. The first kappa shape index (κ1) is 28.2. The molecule has 2 amide bonds. The van der Waals surface area contributed by atoms with Gasteiger partial charge in [0.25, 0.3) is 11.8 Å². The Morgan fingerprint density at radius 3 is 2.40 bits per heavy atom. The highest BCUT2D eigenvalue weighted by atomic mass is 32.2. The van der Waals surface area contributed by atoms with Crippen LogP contribution in [-0.4, -0.2) is 89.9 Å². The molecule has 2 atom stereocenters. The van der Waals surface area contributed by atoms with E-state index in [-0.39, 0.29) is 44.9 Å². The van der Waals surface area contributed by atoms with Crippen LogP contribution in [0.3, 0.4) is 0 Å². The van der Waals surface area contributed by atoms with Gasteiger partial charge in [-0.2, -0.15) is 8.42 Å². The molecule has 4 rings (SSSR count). The number of nitrogens with two attached hydrogens (primary N) is 1. The van der Waals surface area contributed by atoms with Gasteiger partial charge in [0, 0.05) is 23.9 Å². The van der Waals surface area contributed by atoms with Crippen LogP contribution in [0, 0.1) is 0 Å². The normalized spacial score (nSPS) is 17.4. The van der Waals surface area contributed by atoms with E-state index < -0.39 is 63.4 Å². The summed E-state index contributed by atoms with van der Waals surface area (Å²) in [5.74, 6) is -3.46. The van der Waals surface area contributed by atoms with E-state index in [0.29, 0.717) is 0 Å². The molecule has 1 aromatic carbocycles. The second-order valence-electron chi connectivity index (χ2n) is 8.07. The standard InChI is InChI=1S/C20H19N7O11S2/c1-7-14(18(31)27(7)40(34,35)36)25-16(30)15(11-6-39-19(21)24-11)26-37-3-2-8-17(38-20(32)33)23-10-5-13(29)12(28)4-9(10)22-8/h4-7,14,28-29H,2-3H2,1H3,(H2,21,24)(H,25,30)(H,32,33)(H,34,35,36)/b26-15-/t7-,14+/m0/s1. The number of rotatable bonds is 9. The van der Waals surface area contributed by atoms with Gasteiger partial charge in [0.1, 0.15) is 24.0 Å². The van der Waals surface area contributed by atoms with E-state index in [9.17, 15) is 33.0 Å². The van der Waals surface area contributed by atoms with Crippen molar-refractivity contribution in [1.29, 1.82) is 0 Å². The minimum atomic E-state index is -4.81. The maximum atomic E-state index is 12.9. The van der Waals surface area contributed by atoms with Gasteiger partial charge in [-0.1, -0.05) is 5.16 Å². The quantitative estimate of drug-likeness (QED) is 0.0349. The molecule has 212 valence electrons. The molecule has 7 N–H and O–H groups in total. The lowest BCUT2D eigenvalue weighted by atomic mass is 10.0. The van der Waals surface area contributed by atoms with Crippen molar-refractivity contribution in [2.45, 2.75) is 25.4 Å². The van der Waals surface area contributed by atoms with Crippen LogP contribution in [0.4, 0.5) is 9.93 Å². The first-order valence-corrected chi connectivity index (χ1v) is 13.2. The van der Waals surface area contributed by atoms with Crippen molar-refractivity contribution in [3.8, 4) is 17.4 Å². The summed E-state index contributed by atoms with van der Waals surface area (Å²) in [6.45, 7) is 0.975. The van der Waals surface area contributed by atoms with Crippen LogP contribution in [-0.2, 0) is 31.2 Å². The van der Waals surface area contributed by atoms with Gasteiger partial charge in [0.15, 0.2) is 22.3 Å². The molecule has 18 nitrogen and oxygen atoms in total. The van der Waals surface area contributed by atoms with Crippen LogP contribution < -0.4 is 15.8 Å². The number of hydrogen-bond acceptors (Lipinski definition) is 15. The Labute approximate surface area is 227 Å². The highest BCUT2D eigenvalue weighted by molar-refractivity contribution is 7.84. The Morgan fingerprint density at radius 2 is 1.85 bits per heavy atom. The predicted octanol–water partition coefficient (Wildman–Crippen LogP) is -0.382. The third kappa shape index (κ3) is 5.77. The number of phenolic OH excluding ortho intramolecular Hbond substituents is 2. The average Bonchev–Trinajstić information content (AvgIpc) is 3.28. The molecule has 1 saturated heterocycles. The van der Waals surface area contributed by atoms with Gasteiger partial charge < -0.3 is 35.9 Å². The minimum absolute atomic E-state index is 0.0262. The summed E-state index contributed by atoms with van der Waals surface area (Å²) >= 11 is 0.975. The van der Waals surface area contributed by atoms with Crippen molar-refractivity contribution in [1.82, 2.24) is 24.6 Å². The Balaban J connectivity index is 1.53. The minimum Gasteiger partial charge on any atom is -0.504 e. The first-order chi connectivity index (χ1) is 18.8. The number of oxime groups is 1. The highest BCUT2D eigenvalue weighted by Crippen LogP contribution is 2.30. The molecule has 0 saturated carbocycles. The number of nitrogen functional groups attached to an aromatic ring is 1. The number of fused-ring (bicyclic) bond motifs is 1. The molecule has 1 aliphatic rings. The van der Waals surface area contributed by atoms with E-state index in [0.717, 1.165) is 23.5 Å². The molecule has 2 aromatic heterocycles. The lowest BCUT2D eigenvalue weighted by molar-refractivity contribution is -0.143. The van der Waals surface area contributed by atoms with Gasteiger partial charge in [0.05, 0.1) is 17.1 Å². The van der Waals surface area contributed by atoms with E-state index >= 15 is 0 Å². The average molecular weight is 598 g/mol. The highest BCUT2D eigenvalue weighted by Gasteiger charge is 2.51. The SMILES string of the molecule is C[C@H]1[C@@H](NC(=O)/C(=N\OCCc2nc3cc(O)c(O)cc3nc2OC(=O)O)c2csc(N)n2)C(=O)N1S(=O)(=O)O. The zero-order chi connectivity index (χ0) is 29.4. The Hall–Kier alpha value is -4.82. The van der Waals surface area contributed by atoms with Gasteiger partial charge in [0.2, 0.25) is 5.88 Å². The Kier molecular flexibility index (Phi) is 7.57. The number of nitrogens with one attached hydrogen (secondary N) is 1. The molecule has 3 heterocycles. The summed E-state index contributed by atoms with van der Waals surface area (Å²) in [5, 5.41) is 35.9. The molecule has 0 unspecified atom stereocenters. The number of aromatic hydroxyl groups is 2. The number of aromatic nitrogens is 3. The van der Waals surface area contributed by atoms with Crippen molar-refractivity contribution in [3.05, 3.63) is 28.9 Å². The summed E-state index contributed by atoms with van der Waals surface area (Å²) in [5.41, 5.74) is 5.28. The monoisotopic (exact) mass is 597 g/mol. The van der Waals surface area contributed by atoms with Gasteiger partial charge >= 0.3 is 16.5 Å². The van der Waals surface area contributed by atoms with Crippen molar-refractivity contribution < 1.29 is 52.2 Å². The number of carboxylic acid groups (broad SMARTS) is 1. The number of phenols is 2. The molecule has 40 heavy (non-hydrogen) atoms. The Morgan fingerprint density at radius 1 is 1.20 bits per heavy atom. The summed E-state index contributed by atoms with van der Waals surface area (Å²) in [7, 11) is -4.81. The molecule has 0 bridgehead atoms. The van der Waals surface area contributed by atoms with E-state index in [2.05, 4.69) is 30.2 Å². The van der Waals surface area contributed by atoms with E-state index in [4.69, 9.17) is 20.2 Å². The fourth-order valence-electron chi connectivity index (χ4n) is 3.59. The topological polar surface area (TPSA) is 277 Å². The van der Waals surface area contributed by atoms with Gasteiger partial charge in [-0.3, -0.25) is 14.1 Å². The van der Waals surface area contributed by atoms with Crippen LogP contribution in [0.5, 0.6) is 17.4 Å². The number of nitrogens with zero attached hydrogens (tertiary/aromatic N) is 5. The number of amides is 2. The number of ether oxygens (including phenoxy) is 1.